The molecule has 0 saturated carbocycles. The lowest BCUT2D eigenvalue weighted by Crippen LogP contribution is -1.89. The maximum atomic E-state index is 4.24. The number of pyridine rings is 1. The van der Waals surface area contributed by atoms with Crippen molar-refractivity contribution in [3.63, 3.8) is 0 Å². The summed E-state index contributed by atoms with van der Waals surface area (Å²) in [5, 5.41) is 8.61. The molecule has 15 heavy (non-hydrogen) atoms. The zero-order chi connectivity index (χ0) is 10.1. The number of aromatic nitrogens is 2. The van der Waals surface area contributed by atoms with E-state index in [0.29, 0.717) is 0 Å². The van der Waals surface area contributed by atoms with Gasteiger partial charge in [-0.3, -0.25) is 0 Å². The van der Waals surface area contributed by atoms with Gasteiger partial charge in [-0.1, -0.05) is 0 Å². The fraction of sp³-hybridized carbons (Fsp3) is 0. The Labute approximate surface area is 90.8 Å². The molecule has 3 aromatic rings. The quantitative estimate of drug-likeness (QED) is 0.688. The molecule has 3 nitrogen and oxygen atoms in total. The van der Waals surface area contributed by atoms with Crippen LogP contribution in [-0.4, -0.2) is 9.97 Å². The van der Waals surface area contributed by atoms with Crippen LogP contribution in [0, 0.1) is 0 Å². The first-order chi connectivity index (χ1) is 7.43. The molecule has 4 heteroatoms. The fourth-order valence-electron chi connectivity index (χ4n) is 1.56. The maximum Gasteiger partial charge on any atom is 0.139 e. The topological polar surface area (TPSA) is 40.7 Å². The van der Waals surface area contributed by atoms with Crippen molar-refractivity contribution in [2.24, 2.45) is 0 Å². The molecule has 0 unspecified atom stereocenters. The van der Waals surface area contributed by atoms with Gasteiger partial charge in [0.05, 0.1) is 5.69 Å². The van der Waals surface area contributed by atoms with Gasteiger partial charge in [0, 0.05) is 28.8 Å². The Morgan fingerprint density at radius 1 is 1.27 bits per heavy atom. The molecule has 0 bridgehead atoms. The summed E-state index contributed by atoms with van der Waals surface area (Å²) in [5.74, 6) is 0. The van der Waals surface area contributed by atoms with Crippen LogP contribution in [0.2, 0.25) is 0 Å². The van der Waals surface area contributed by atoms with Gasteiger partial charge in [-0.2, -0.15) is 11.3 Å². The van der Waals surface area contributed by atoms with Gasteiger partial charge < -0.3 is 10.3 Å². The predicted molar refractivity (Wildman–Crippen MR) is 63.7 cm³/mol. The van der Waals surface area contributed by atoms with Crippen LogP contribution in [0.4, 0.5) is 11.4 Å². The molecule has 0 aliphatic heterocycles. The standard InChI is InChI=1S/C11H9N3S/c1-4-12-11-9(1)10(2-5-13-11)14-8-3-6-15-7-8/h1-7H,(H2,12,13,14). The van der Waals surface area contributed by atoms with Crippen molar-refractivity contribution in [1.82, 2.24) is 9.97 Å². The van der Waals surface area contributed by atoms with Gasteiger partial charge in [0.2, 0.25) is 0 Å². The van der Waals surface area contributed by atoms with E-state index < -0.39 is 0 Å². The Bertz CT molecular complexity index is 568. The second-order valence-electron chi connectivity index (χ2n) is 3.24. The van der Waals surface area contributed by atoms with E-state index in [1.54, 1.807) is 17.5 Å². The molecule has 3 rings (SSSR count). The van der Waals surface area contributed by atoms with Gasteiger partial charge in [0.25, 0.3) is 0 Å². The highest BCUT2D eigenvalue weighted by atomic mass is 32.1. The molecule has 0 saturated heterocycles. The predicted octanol–water partition coefficient (Wildman–Crippen LogP) is 3.37. The van der Waals surface area contributed by atoms with E-state index in [2.05, 4.69) is 32.1 Å². The highest BCUT2D eigenvalue weighted by molar-refractivity contribution is 7.08. The summed E-state index contributed by atoms with van der Waals surface area (Å²) in [6.07, 6.45) is 3.70. The minimum atomic E-state index is 0.912. The summed E-state index contributed by atoms with van der Waals surface area (Å²) in [5.41, 5.74) is 3.11. The fourth-order valence-corrected chi connectivity index (χ4v) is 2.15. The summed E-state index contributed by atoms with van der Waals surface area (Å²) >= 11 is 1.68. The number of H-pyrrole nitrogens is 1. The Morgan fingerprint density at radius 2 is 2.27 bits per heavy atom. The first kappa shape index (κ1) is 8.49. The van der Waals surface area contributed by atoms with Crippen LogP contribution in [0.1, 0.15) is 0 Å². The average molecular weight is 215 g/mol. The van der Waals surface area contributed by atoms with Gasteiger partial charge in [-0.15, -0.1) is 0 Å². The minimum Gasteiger partial charge on any atom is -0.354 e. The number of hydrogen-bond acceptors (Lipinski definition) is 3. The lowest BCUT2D eigenvalue weighted by atomic mass is 10.3. The van der Waals surface area contributed by atoms with Crippen LogP contribution in [0.3, 0.4) is 0 Å². The molecule has 0 radical (unpaired) electrons. The molecule has 3 heterocycles. The molecule has 74 valence electrons. The van der Waals surface area contributed by atoms with Crippen molar-refractivity contribution >= 4 is 33.7 Å². The van der Waals surface area contributed by atoms with Gasteiger partial charge in [0.15, 0.2) is 0 Å². The Balaban J connectivity index is 2.07. The van der Waals surface area contributed by atoms with E-state index in [1.165, 1.54) is 0 Å². The van der Waals surface area contributed by atoms with E-state index in [0.717, 1.165) is 22.4 Å². The van der Waals surface area contributed by atoms with Crippen molar-refractivity contribution < 1.29 is 0 Å². The number of rotatable bonds is 2. The van der Waals surface area contributed by atoms with Gasteiger partial charge in [-0.25, -0.2) is 4.98 Å². The number of nitrogens with one attached hydrogen (secondary N) is 2. The summed E-state index contributed by atoms with van der Waals surface area (Å²) in [7, 11) is 0. The smallest absolute Gasteiger partial charge is 0.139 e. The van der Waals surface area contributed by atoms with Crippen molar-refractivity contribution in [2.45, 2.75) is 0 Å². The molecule has 0 spiro atoms. The summed E-state index contributed by atoms with van der Waals surface area (Å²) in [6.45, 7) is 0. The van der Waals surface area contributed by atoms with Crippen molar-refractivity contribution in [2.75, 3.05) is 5.32 Å². The third kappa shape index (κ3) is 1.49. The maximum absolute atomic E-state index is 4.24. The lowest BCUT2D eigenvalue weighted by Gasteiger charge is -2.04. The number of thiophene rings is 1. The number of fused-ring (bicyclic) bond motifs is 1. The molecule has 0 aromatic carbocycles. The molecule has 0 aliphatic rings. The molecule has 0 amide bonds. The van der Waals surface area contributed by atoms with E-state index in [9.17, 15) is 0 Å². The summed E-state index contributed by atoms with van der Waals surface area (Å²) < 4.78 is 0. The SMILES string of the molecule is c1cc(Nc2ccsc2)c2cc[nH]c2n1. The van der Waals surface area contributed by atoms with Gasteiger partial charge >= 0.3 is 0 Å². The van der Waals surface area contributed by atoms with E-state index >= 15 is 0 Å². The molecular weight excluding hydrogens is 206 g/mol. The van der Waals surface area contributed by atoms with Gasteiger partial charge in [-0.05, 0) is 23.6 Å². The summed E-state index contributed by atoms with van der Waals surface area (Å²) in [4.78, 5) is 7.33. The molecule has 0 aliphatic carbocycles. The van der Waals surface area contributed by atoms with Crippen LogP contribution in [-0.2, 0) is 0 Å². The largest absolute Gasteiger partial charge is 0.354 e. The Hall–Kier alpha value is -1.81. The number of aromatic amines is 1. The second kappa shape index (κ2) is 3.40. The molecular formula is C11H9N3S. The Kier molecular flexibility index (Phi) is 1.93. The van der Waals surface area contributed by atoms with E-state index in [1.807, 2.05) is 18.3 Å². The third-order valence-electron chi connectivity index (χ3n) is 2.26. The Morgan fingerprint density at radius 3 is 3.13 bits per heavy atom. The van der Waals surface area contributed by atoms with Crippen molar-refractivity contribution in [3.8, 4) is 0 Å². The first-order valence-corrected chi connectivity index (χ1v) is 5.59. The number of hydrogen-bond donors (Lipinski definition) is 2. The average Bonchev–Trinajstić information content (AvgIpc) is 2.87. The number of nitrogens with zero attached hydrogens (tertiary/aromatic N) is 1. The minimum absolute atomic E-state index is 0.912. The van der Waals surface area contributed by atoms with Crippen LogP contribution < -0.4 is 5.32 Å². The zero-order valence-corrected chi connectivity index (χ0v) is 8.71. The third-order valence-corrected chi connectivity index (χ3v) is 2.94. The van der Waals surface area contributed by atoms with E-state index in [-0.39, 0.29) is 0 Å². The monoisotopic (exact) mass is 215 g/mol. The summed E-state index contributed by atoms with van der Waals surface area (Å²) in [6, 6.07) is 6.06. The first-order valence-electron chi connectivity index (χ1n) is 4.65. The molecule has 2 N–H and O–H groups in total. The van der Waals surface area contributed by atoms with Crippen LogP contribution in [0.5, 0.6) is 0 Å². The molecule has 0 fully saturated rings. The van der Waals surface area contributed by atoms with Crippen LogP contribution in [0.25, 0.3) is 11.0 Å². The highest BCUT2D eigenvalue weighted by Crippen LogP contribution is 2.25. The highest BCUT2D eigenvalue weighted by Gasteiger charge is 2.02. The van der Waals surface area contributed by atoms with Gasteiger partial charge in [0.1, 0.15) is 5.65 Å². The van der Waals surface area contributed by atoms with E-state index in [4.69, 9.17) is 0 Å². The molecule has 3 aromatic heterocycles. The van der Waals surface area contributed by atoms with Crippen molar-refractivity contribution in [3.05, 3.63) is 41.4 Å². The second-order valence-corrected chi connectivity index (χ2v) is 4.02. The van der Waals surface area contributed by atoms with Crippen LogP contribution in [0.15, 0.2) is 41.4 Å². The number of anilines is 2. The zero-order valence-electron chi connectivity index (χ0n) is 7.90. The molecule has 0 atom stereocenters. The van der Waals surface area contributed by atoms with Crippen molar-refractivity contribution in [1.29, 1.82) is 0 Å². The normalized spacial score (nSPS) is 10.7. The lowest BCUT2D eigenvalue weighted by molar-refractivity contribution is 1.32. The van der Waals surface area contributed by atoms with Crippen LogP contribution >= 0.6 is 11.3 Å².